The fourth-order valence-corrected chi connectivity index (χ4v) is 4.48. The van der Waals surface area contributed by atoms with Gasteiger partial charge in [0.25, 0.3) is 0 Å². The van der Waals surface area contributed by atoms with Crippen LogP contribution in [0.15, 0.2) is 81.6 Å². The molecule has 0 saturated heterocycles. The number of carbonyl (C=O) groups is 1. The topological polar surface area (TPSA) is 98.8 Å². The van der Waals surface area contributed by atoms with Crippen LogP contribution in [0, 0.1) is 5.41 Å². The van der Waals surface area contributed by atoms with Crippen LogP contribution in [-0.2, 0) is 14.6 Å². The van der Waals surface area contributed by atoms with Crippen molar-refractivity contribution in [2.45, 2.75) is 31.8 Å². The fourth-order valence-electron chi connectivity index (χ4n) is 2.93. The highest BCUT2D eigenvalue weighted by Gasteiger charge is 2.32. The van der Waals surface area contributed by atoms with Crippen LogP contribution >= 0.6 is 11.3 Å². The van der Waals surface area contributed by atoms with E-state index in [9.17, 15) is 26.4 Å². The summed E-state index contributed by atoms with van der Waals surface area (Å²) in [6.45, 7) is 5.02. The van der Waals surface area contributed by atoms with E-state index < -0.39 is 33.1 Å². The Hall–Kier alpha value is -3.44. The molecule has 6 nitrogen and oxygen atoms in total. The normalized spacial score (nSPS) is 13.5. The van der Waals surface area contributed by atoms with E-state index in [1.54, 1.807) is 56.5 Å². The SMILES string of the molecule is CC(C)(C)C(=O)Oc1ccccc1N=C(C=C(N)C(F)(F)F)c1cc(-c2cccc(S(C)(=O)=O)c2)cs1. The smallest absolute Gasteiger partial charge is 0.424 e. The quantitative estimate of drug-likeness (QED) is 0.221. The second-order valence-electron chi connectivity index (χ2n) is 9.20. The lowest BCUT2D eigenvalue weighted by atomic mass is 9.97. The first-order valence-electron chi connectivity index (χ1n) is 10.9. The van der Waals surface area contributed by atoms with Crippen molar-refractivity contribution in [1.82, 2.24) is 0 Å². The number of ether oxygens (including phenoxy) is 1. The average molecular weight is 551 g/mol. The molecule has 3 rings (SSSR count). The molecule has 1 heterocycles. The van der Waals surface area contributed by atoms with Crippen LogP contribution in [0.2, 0.25) is 0 Å². The van der Waals surface area contributed by atoms with Crippen molar-refractivity contribution in [3.63, 3.8) is 0 Å². The Balaban J connectivity index is 2.12. The van der Waals surface area contributed by atoms with Gasteiger partial charge in [-0.25, -0.2) is 13.4 Å². The largest absolute Gasteiger partial charge is 0.430 e. The number of halogens is 3. The maximum Gasteiger partial charge on any atom is 0.430 e. The number of para-hydroxylation sites is 2. The Bertz CT molecular complexity index is 1480. The lowest BCUT2D eigenvalue weighted by Gasteiger charge is -2.17. The number of nitrogens with two attached hydrogens (primary N) is 1. The van der Waals surface area contributed by atoms with Crippen molar-refractivity contribution >= 4 is 38.5 Å². The zero-order valence-electron chi connectivity index (χ0n) is 20.5. The minimum absolute atomic E-state index is 0.0801. The number of benzene rings is 2. The summed E-state index contributed by atoms with van der Waals surface area (Å²) in [5.74, 6) is -0.456. The molecular weight excluding hydrogens is 525 g/mol. The highest BCUT2D eigenvalue weighted by atomic mass is 32.2. The van der Waals surface area contributed by atoms with Crippen LogP contribution < -0.4 is 10.5 Å². The van der Waals surface area contributed by atoms with E-state index in [2.05, 4.69) is 4.99 Å². The van der Waals surface area contributed by atoms with E-state index in [1.807, 2.05) is 0 Å². The molecule has 0 amide bonds. The molecule has 1 aromatic heterocycles. The third-order valence-electron chi connectivity index (χ3n) is 4.99. The van der Waals surface area contributed by atoms with Crippen LogP contribution in [0.1, 0.15) is 25.6 Å². The van der Waals surface area contributed by atoms with E-state index in [0.29, 0.717) is 22.1 Å². The second-order valence-corrected chi connectivity index (χ2v) is 12.1. The van der Waals surface area contributed by atoms with E-state index in [0.717, 1.165) is 17.6 Å². The molecule has 3 aromatic rings. The number of aliphatic imine (C=N–C) groups is 1. The number of nitrogens with zero attached hydrogens (tertiary/aromatic N) is 1. The van der Waals surface area contributed by atoms with Gasteiger partial charge in [-0.1, -0.05) is 24.3 Å². The van der Waals surface area contributed by atoms with Gasteiger partial charge in [-0.3, -0.25) is 4.79 Å². The van der Waals surface area contributed by atoms with E-state index in [1.165, 1.54) is 24.3 Å². The van der Waals surface area contributed by atoms with Crippen LogP contribution in [-0.4, -0.2) is 32.5 Å². The van der Waals surface area contributed by atoms with Gasteiger partial charge in [-0.05, 0) is 73.7 Å². The van der Waals surface area contributed by atoms with Crippen LogP contribution in [0.5, 0.6) is 5.75 Å². The molecule has 0 bridgehead atoms. The first kappa shape index (κ1) is 28.1. The fraction of sp³-hybridized carbons (Fsp3) is 0.231. The van der Waals surface area contributed by atoms with Crippen molar-refractivity contribution in [3.05, 3.63) is 76.6 Å². The molecule has 2 aromatic carbocycles. The minimum Gasteiger partial charge on any atom is -0.424 e. The van der Waals surface area contributed by atoms with Gasteiger partial charge in [0.15, 0.2) is 15.6 Å². The Morgan fingerprint density at radius 2 is 1.70 bits per heavy atom. The number of carbonyl (C=O) groups excluding carboxylic acids is 1. The number of hydrogen-bond acceptors (Lipinski definition) is 7. The number of hydrogen-bond donors (Lipinski definition) is 1. The van der Waals surface area contributed by atoms with Gasteiger partial charge in [0, 0.05) is 6.26 Å². The molecule has 0 saturated carbocycles. The monoisotopic (exact) mass is 550 g/mol. The first-order chi connectivity index (χ1) is 17.1. The highest BCUT2D eigenvalue weighted by molar-refractivity contribution is 7.90. The predicted molar refractivity (Wildman–Crippen MR) is 139 cm³/mol. The van der Waals surface area contributed by atoms with Gasteiger partial charge in [0.1, 0.15) is 11.4 Å². The molecule has 0 fully saturated rings. The zero-order valence-corrected chi connectivity index (χ0v) is 22.1. The van der Waals surface area contributed by atoms with Gasteiger partial charge in [0.05, 0.1) is 20.9 Å². The molecule has 37 heavy (non-hydrogen) atoms. The molecule has 0 unspecified atom stereocenters. The summed E-state index contributed by atoms with van der Waals surface area (Å²) >= 11 is 1.11. The van der Waals surface area contributed by atoms with Crippen LogP contribution in [0.4, 0.5) is 18.9 Å². The van der Waals surface area contributed by atoms with Crippen molar-refractivity contribution in [2.75, 3.05) is 6.26 Å². The second kappa shape index (κ2) is 10.5. The Kier molecular flexibility index (Phi) is 7.99. The minimum atomic E-state index is -4.79. The molecular formula is C26H25F3N2O4S2. The summed E-state index contributed by atoms with van der Waals surface area (Å²) in [5, 5.41) is 1.68. The summed E-state index contributed by atoms with van der Waals surface area (Å²) in [5.41, 5.74) is 4.32. The Labute approximate surface area is 217 Å². The molecule has 2 N–H and O–H groups in total. The average Bonchev–Trinajstić information content (AvgIpc) is 3.28. The molecule has 0 radical (unpaired) electrons. The third kappa shape index (κ3) is 7.30. The Morgan fingerprint density at radius 1 is 1.03 bits per heavy atom. The van der Waals surface area contributed by atoms with Gasteiger partial charge >= 0.3 is 12.1 Å². The molecule has 11 heteroatoms. The maximum atomic E-state index is 13.3. The maximum absolute atomic E-state index is 13.3. The Morgan fingerprint density at radius 3 is 2.32 bits per heavy atom. The summed E-state index contributed by atoms with van der Waals surface area (Å²) in [6, 6.07) is 14.0. The van der Waals surface area contributed by atoms with Crippen molar-refractivity contribution in [3.8, 4) is 16.9 Å². The van der Waals surface area contributed by atoms with Gasteiger partial charge in [0.2, 0.25) is 0 Å². The summed E-state index contributed by atoms with van der Waals surface area (Å²) in [6.07, 6.45) is -2.99. The van der Waals surface area contributed by atoms with E-state index in [4.69, 9.17) is 10.5 Å². The molecule has 0 atom stereocenters. The number of rotatable bonds is 6. The standard InChI is InChI=1S/C26H25F3N2O4S2/c1-25(2,3)24(32)35-21-11-6-5-10-19(21)31-20(14-23(30)26(27,28)29)22-13-17(15-36-22)16-8-7-9-18(12-16)37(4,33)34/h5-15H,30H2,1-4H3. The number of allylic oxidation sites excluding steroid dienone is 2. The molecule has 196 valence electrons. The number of thiophene rings is 1. The number of sulfone groups is 1. The van der Waals surface area contributed by atoms with Crippen molar-refractivity contribution < 1.29 is 31.1 Å². The molecule has 0 aliphatic heterocycles. The molecule has 0 spiro atoms. The summed E-state index contributed by atoms with van der Waals surface area (Å²) in [7, 11) is -3.45. The summed E-state index contributed by atoms with van der Waals surface area (Å²) in [4.78, 5) is 17.2. The first-order valence-corrected chi connectivity index (χ1v) is 13.7. The van der Waals surface area contributed by atoms with Gasteiger partial charge in [-0.15, -0.1) is 11.3 Å². The number of esters is 1. The van der Waals surface area contributed by atoms with E-state index >= 15 is 0 Å². The van der Waals surface area contributed by atoms with Gasteiger partial charge < -0.3 is 10.5 Å². The predicted octanol–water partition coefficient (Wildman–Crippen LogP) is 6.30. The molecule has 0 aliphatic carbocycles. The van der Waals surface area contributed by atoms with Crippen molar-refractivity contribution in [1.29, 1.82) is 0 Å². The third-order valence-corrected chi connectivity index (χ3v) is 7.05. The highest BCUT2D eigenvalue weighted by Crippen LogP contribution is 2.33. The van der Waals surface area contributed by atoms with Crippen molar-refractivity contribution in [2.24, 2.45) is 16.1 Å². The van der Waals surface area contributed by atoms with E-state index in [-0.39, 0.29) is 22.0 Å². The lowest BCUT2D eigenvalue weighted by molar-refractivity contribution is -0.142. The zero-order chi connectivity index (χ0) is 27.6. The summed E-state index contributed by atoms with van der Waals surface area (Å²) < 4.78 is 69.2. The number of alkyl halides is 3. The van der Waals surface area contributed by atoms with Crippen LogP contribution in [0.25, 0.3) is 11.1 Å². The lowest BCUT2D eigenvalue weighted by Crippen LogP contribution is -2.25. The van der Waals surface area contributed by atoms with Crippen LogP contribution in [0.3, 0.4) is 0 Å². The van der Waals surface area contributed by atoms with Gasteiger partial charge in [-0.2, -0.15) is 13.2 Å². The molecule has 0 aliphatic rings.